The quantitative estimate of drug-likeness (QED) is 0.576. The number of carbonyl (C=O) groups excluding carboxylic acids is 2. The Hall–Kier alpha value is -2.45. The lowest BCUT2D eigenvalue weighted by Crippen LogP contribution is -2.22. The summed E-state index contributed by atoms with van der Waals surface area (Å²) in [5.74, 6) is -0.791. The first-order chi connectivity index (χ1) is 13.0. The van der Waals surface area contributed by atoms with Gasteiger partial charge in [0.15, 0.2) is 5.11 Å². The van der Waals surface area contributed by atoms with Gasteiger partial charge in [0.2, 0.25) is 0 Å². The van der Waals surface area contributed by atoms with Crippen molar-refractivity contribution in [1.82, 2.24) is 0 Å². The fourth-order valence-corrected chi connectivity index (χ4v) is 4.60. The first-order valence-corrected chi connectivity index (χ1v) is 9.84. The Morgan fingerprint density at radius 3 is 2.70 bits per heavy atom. The molecule has 3 rings (SSSR count). The number of benzene rings is 1. The van der Waals surface area contributed by atoms with Crippen LogP contribution in [0.1, 0.15) is 44.5 Å². The van der Waals surface area contributed by atoms with Crippen LogP contribution in [0.5, 0.6) is 0 Å². The molecule has 0 atom stereocenters. The summed E-state index contributed by atoms with van der Waals surface area (Å²) in [7, 11) is 1.37. The third-order valence-electron chi connectivity index (χ3n) is 4.21. The number of fused-ring (bicyclic) bond motifs is 1. The first kappa shape index (κ1) is 19.3. The molecule has 0 saturated carbocycles. The molecule has 2 aromatic rings. The number of thiocarbonyl (C=S) groups is 1. The van der Waals surface area contributed by atoms with Crippen molar-refractivity contribution in [2.45, 2.75) is 26.2 Å². The molecule has 6 nitrogen and oxygen atoms in total. The van der Waals surface area contributed by atoms with Gasteiger partial charge in [-0.15, -0.1) is 11.3 Å². The molecule has 27 heavy (non-hydrogen) atoms. The third kappa shape index (κ3) is 4.12. The second-order valence-electron chi connectivity index (χ2n) is 5.90. The molecule has 142 valence electrons. The van der Waals surface area contributed by atoms with E-state index in [1.165, 1.54) is 23.3 Å². The number of nitrogens with one attached hydrogen (secondary N) is 2. The number of ether oxygens (including phenoxy) is 2. The van der Waals surface area contributed by atoms with E-state index in [0.717, 1.165) is 24.8 Å². The number of hydrogen-bond donors (Lipinski definition) is 2. The summed E-state index contributed by atoms with van der Waals surface area (Å²) in [4.78, 5) is 25.5. The number of aryl methyl sites for hydroxylation is 1. The van der Waals surface area contributed by atoms with Gasteiger partial charge in [-0.25, -0.2) is 9.59 Å². The van der Waals surface area contributed by atoms with E-state index >= 15 is 0 Å². The molecule has 1 aromatic carbocycles. The monoisotopic (exact) mass is 404 g/mol. The minimum Gasteiger partial charge on any atom is -0.465 e. The zero-order valence-corrected chi connectivity index (χ0v) is 16.7. The zero-order valence-electron chi connectivity index (χ0n) is 15.1. The number of hydrogen-bond acceptors (Lipinski definition) is 6. The van der Waals surface area contributed by atoms with Crippen molar-refractivity contribution in [3.05, 3.63) is 45.8 Å². The minimum absolute atomic E-state index is 0.289. The smallest absolute Gasteiger partial charge is 0.341 e. The van der Waals surface area contributed by atoms with Gasteiger partial charge in [0.25, 0.3) is 0 Å². The fraction of sp³-hybridized carbons (Fsp3) is 0.316. The Morgan fingerprint density at radius 1 is 1.19 bits per heavy atom. The summed E-state index contributed by atoms with van der Waals surface area (Å²) in [5, 5.41) is 7.06. The van der Waals surface area contributed by atoms with Gasteiger partial charge in [0.05, 0.1) is 30.5 Å². The van der Waals surface area contributed by atoms with Gasteiger partial charge < -0.3 is 20.1 Å². The Bertz CT molecular complexity index is 892. The maximum atomic E-state index is 12.2. The predicted octanol–water partition coefficient (Wildman–Crippen LogP) is 4.01. The number of esters is 2. The average molecular weight is 405 g/mol. The van der Waals surface area contributed by atoms with E-state index in [1.807, 2.05) is 0 Å². The largest absolute Gasteiger partial charge is 0.465 e. The molecule has 0 unspecified atom stereocenters. The van der Waals surface area contributed by atoms with Gasteiger partial charge in [0, 0.05) is 4.88 Å². The molecule has 0 bridgehead atoms. The lowest BCUT2D eigenvalue weighted by molar-refractivity contribution is 0.0526. The van der Waals surface area contributed by atoms with E-state index in [9.17, 15) is 9.59 Å². The van der Waals surface area contributed by atoms with E-state index in [-0.39, 0.29) is 11.1 Å². The summed E-state index contributed by atoms with van der Waals surface area (Å²) in [6.45, 7) is 2.05. The summed E-state index contributed by atoms with van der Waals surface area (Å²) in [6, 6.07) is 6.97. The lowest BCUT2D eigenvalue weighted by Gasteiger charge is -2.13. The predicted molar refractivity (Wildman–Crippen MR) is 110 cm³/mol. The lowest BCUT2D eigenvalue weighted by atomic mass is 10.1. The molecular formula is C19H20N2O4S2. The number of para-hydroxylation sites is 1. The van der Waals surface area contributed by atoms with Gasteiger partial charge in [-0.3, -0.25) is 0 Å². The number of thiophene rings is 1. The van der Waals surface area contributed by atoms with Crippen LogP contribution in [0.2, 0.25) is 0 Å². The molecule has 1 aliphatic rings. The highest BCUT2D eigenvalue weighted by Gasteiger charge is 2.27. The van der Waals surface area contributed by atoms with Crippen molar-refractivity contribution >= 4 is 51.3 Å². The molecule has 8 heteroatoms. The maximum absolute atomic E-state index is 12.2. The van der Waals surface area contributed by atoms with Crippen molar-refractivity contribution < 1.29 is 19.1 Å². The SMILES string of the molecule is CCOC(=O)c1ccccc1NC(=S)Nc1sc2c(c1C(=O)OC)CCC2. The summed E-state index contributed by atoms with van der Waals surface area (Å²) < 4.78 is 10.0. The summed E-state index contributed by atoms with van der Waals surface area (Å²) in [6.07, 6.45) is 2.86. The van der Waals surface area contributed by atoms with Crippen LogP contribution in [0, 0.1) is 0 Å². The van der Waals surface area contributed by atoms with Gasteiger partial charge >= 0.3 is 11.9 Å². The molecule has 0 saturated heterocycles. The number of methoxy groups -OCH3 is 1. The van der Waals surface area contributed by atoms with Crippen LogP contribution in [-0.4, -0.2) is 30.8 Å². The molecule has 1 aromatic heterocycles. The summed E-state index contributed by atoms with van der Waals surface area (Å²) in [5.41, 5.74) is 2.53. The fourth-order valence-electron chi connectivity index (χ4n) is 3.05. The first-order valence-electron chi connectivity index (χ1n) is 8.62. The summed E-state index contributed by atoms with van der Waals surface area (Å²) >= 11 is 6.92. The molecular weight excluding hydrogens is 384 g/mol. The molecule has 0 radical (unpaired) electrons. The van der Waals surface area contributed by atoms with E-state index in [4.69, 9.17) is 21.7 Å². The topological polar surface area (TPSA) is 76.7 Å². The number of anilines is 2. The third-order valence-corrected chi connectivity index (χ3v) is 5.62. The molecule has 2 N–H and O–H groups in total. The Balaban J connectivity index is 1.80. The highest BCUT2D eigenvalue weighted by Crippen LogP contribution is 2.39. The number of rotatable bonds is 5. The molecule has 0 spiro atoms. The Kier molecular flexibility index (Phi) is 6.08. The van der Waals surface area contributed by atoms with Crippen molar-refractivity contribution in [1.29, 1.82) is 0 Å². The van der Waals surface area contributed by atoms with Gasteiger partial charge in [0.1, 0.15) is 5.00 Å². The molecule has 1 aliphatic carbocycles. The molecule has 0 amide bonds. The van der Waals surface area contributed by atoms with Crippen LogP contribution in [0.3, 0.4) is 0 Å². The van der Waals surface area contributed by atoms with Crippen LogP contribution in [0.4, 0.5) is 10.7 Å². The highest BCUT2D eigenvalue weighted by molar-refractivity contribution is 7.80. The van der Waals surface area contributed by atoms with Crippen LogP contribution < -0.4 is 10.6 Å². The van der Waals surface area contributed by atoms with Gasteiger partial charge in [-0.05, 0) is 56.1 Å². The van der Waals surface area contributed by atoms with Crippen molar-refractivity contribution in [2.24, 2.45) is 0 Å². The van der Waals surface area contributed by atoms with Crippen molar-refractivity contribution in [3.8, 4) is 0 Å². The van der Waals surface area contributed by atoms with Crippen LogP contribution in [0.25, 0.3) is 0 Å². The van der Waals surface area contributed by atoms with E-state index in [0.29, 0.717) is 28.4 Å². The highest BCUT2D eigenvalue weighted by atomic mass is 32.1. The molecule has 1 heterocycles. The zero-order chi connectivity index (χ0) is 19.4. The van der Waals surface area contributed by atoms with Crippen LogP contribution in [0.15, 0.2) is 24.3 Å². The van der Waals surface area contributed by atoms with Crippen molar-refractivity contribution in [3.63, 3.8) is 0 Å². The minimum atomic E-state index is -0.422. The Labute approximate surface area is 166 Å². The molecule has 0 aliphatic heterocycles. The Morgan fingerprint density at radius 2 is 1.96 bits per heavy atom. The van der Waals surface area contributed by atoms with E-state index < -0.39 is 5.97 Å². The standard InChI is InChI=1S/C19H20N2O4S2/c1-3-25-17(22)11-7-4-5-9-13(11)20-19(26)21-16-15(18(23)24-2)12-8-6-10-14(12)27-16/h4-5,7,9H,3,6,8,10H2,1-2H3,(H2,20,21,26). The van der Waals surface area contributed by atoms with Crippen LogP contribution in [-0.2, 0) is 22.3 Å². The maximum Gasteiger partial charge on any atom is 0.341 e. The second-order valence-corrected chi connectivity index (χ2v) is 7.41. The van der Waals surface area contributed by atoms with E-state index in [1.54, 1.807) is 31.2 Å². The normalized spacial score (nSPS) is 12.2. The second kappa shape index (κ2) is 8.49. The average Bonchev–Trinajstić information content (AvgIpc) is 3.22. The van der Waals surface area contributed by atoms with Gasteiger partial charge in [-0.2, -0.15) is 0 Å². The number of carbonyl (C=O) groups is 2. The van der Waals surface area contributed by atoms with E-state index in [2.05, 4.69) is 10.6 Å². The van der Waals surface area contributed by atoms with Gasteiger partial charge in [-0.1, -0.05) is 12.1 Å². The van der Waals surface area contributed by atoms with Crippen molar-refractivity contribution in [2.75, 3.05) is 24.4 Å². The molecule has 0 fully saturated rings. The van der Waals surface area contributed by atoms with Crippen LogP contribution >= 0.6 is 23.6 Å².